The Morgan fingerprint density at radius 1 is 1.06 bits per heavy atom. The number of pyridine rings is 1. The molecule has 0 bridgehead atoms. The maximum Gasteiger partial charge on any atom is 0.401 e. The fraction of sp³-hybridized carbons (Fsp3) is 0.522. The van der Waals surface area contributed by atoms with Gasteiger partial charge in [-0.05, 0) is 32.8 Å². The topological polar surface area (TPSA) is 86.8 Å². The molecule has 1 aliphatic heterocycles. The lowest BCUT2D eigenvalue weighted by Crippen LogP contribution is -2.49. The summed E-state index contributed by atoms with van der Waals surface area (Å²) in [5.74, 6) is 1.84. The van der Waals surface area contributed by atoms with E-state index in [9.17, 15) is 13.2 Å². The highest BCUT2D eigenvalue weighted by Crippen LogP contribution is 2.44. The molecule has 3 aromatic rings. The SMILES string of the molecule is CC(=N)C1(c2cc3c(cn2)cnn3-c2cc(N3CCN(CC(F)(F)F)CC3)nc(C)n2)CCC1. The van der Waals surface area contributed by atoms with Crippen molar-refractivity contribution in [2.75, 3.05) is 37.6 Å². The van der Waals surface area contributed by atoms with Crippen molar-refractivity contribution in [2.24, 2.45) is 0 Å². The van der Waals surface area contributed by atoms with Gasteiger partial charge >= 0.3 is 6.18 Å². The largest absolute Gasteiger partial charge is 0.401 e. The Balaban J connectivity index is 1.44. The number of halogens is 3. The zero-order valence-electron chi connectivity index (χ0n) is 19.2. The lowest BCUT2D eigenvalue weighted by atomic mass is 9.63. The van der Waals surface area contributed by atoms with Gasteiger partial charge in [-0.25, -0.2) is 14.6 Å². The van der Waals surface area contributed by atoms with Gasteiger partial charge in [0, 0.05) is 55.0 Å². The van der Waals surface area contributed by atoms with E-state index in [1.165, 1.54) is 4.90 Å². The van der Waals surface area contributed by atoms with Gasteiger partial charge in [-0.1, -0.05) is 6.42 Å². The van der Waals surface area contributed by atoms with Crippen LogP contribution in [-0.4, -0.2) is 74.2 Å². The molecular weight excluding hydrogens is 445 g/mol. The van der Waals surface area contributed by atoms with Crippen LogP contribution in [0.1, 0.15) is 37.7 Å². The summed E-state index contributed by atoms with van der Waals surface area (Å²) >= 11 is 0. The molecule has 1 saturated heterocycles. The standard InChI is InChI=1S/C23H27F3N8/c1-15(27)22(4-3-5-22)19-10-18-17(12-28-19)13-29-34(18)21-11-20(30-16(2)31-21)33-8-6-32(7-9-33)14-23(24,25)26/h10-13,27H,3-9,14H2,1-2H3. The minimum absolute atomic E-state index is 0.299. The molecule has 0 spiro atoms. The molecule has 34 heavy (non-hydrogen) atoms. The fourth-order valence-electron chi connectivity index (χ4n) is 4.91. The lowest BCUT2D eigenvalue weighted by molar-refractivity contribution is -0.146. The Kier molecular flexibility index (Phi) is 5.54. The first kappa shape index (κ1) is 22.7. The number of anilines is 1. The van der Waals surface area contributed by atoms with E-state index in [2.05, 4.69) is 20.1 Å². The highest BCUT2D eigenvalue weighted by atomic mass is 19.4. The molecule has 2 aliphatic rings. The molecule has 1 saturated carbocycles. The first-order valence-corrected chi connectivity index (χ1v) is 11.4. The van der Waals surface area contributed by atoms with Gasteiger partial charge < -0.3 is 10.3 Å². The first-order valence-electron chi connectivity index (χ1n) is 11.4. The van der Waals surface area contributed by atoms with E-state index >= 15 is 0 Å². The van der Waals surface area contributed by atoms with E-state index < -0.39 is 12.7 Å². The summed E-state index contributed by atoms with van der Waals surface area (Å²) in [7, 11) is 0. The van der Waals surface area contributed by atoms with Crippen LogP contribution in [0.2, 0.25) is 0 Å². The summed E-state index contributed by atoms with van der Waals surface area (Å²) in [5, 5.41) is 13.7. The van der Waals surface area contributed by atoms with Crippen LogP contribution in [0.5, 0.6) is 0 Å². The van der Waals surface area contributed by atoms with Gasteiger partial charge in [0.15, 0.2) is 5.82 Å². The minimum atomic E-state index is -4.19. The number of hydrogen-bond acceptors (Lipinski definition) is 7. The first-order chi connectivity index (χ1) is 16.1. The molecular formula is C23H27F3N8. The van der Waals surface area contributed by atoms with Crippen LogP contribution < -0.4 is 4.90 Å². The molecule has 0 amide bonds. The average Bonchev–Trinajstić information content (AvgIpc) is 3.15. The number of fused-ring (bicyclic) bond motifs is 1. The number of nitrogens with zero attached hydrogens (tertiary/aromatic N) is 7. The van der Waals surface area contributed by atoms with E-state index in [0.29, 0.717) is 49.4 Å². The molecule has 1 aliphatic carbocycles. The number of piperazine rings is 1. The lowest BCUT2D eigenvalue weighted by Gasteiger charge is -2.40. The van der Waals surface area contributed by atoms with Crippen LogP contribution >= 0.6 is 0 Å². The third kappa shape index (κ3) is 4.13. The number of aromatic nitrogens is 5. The van der Waals surface area contributed by atoms with Crippen LogP contribution in [-0.2, 0) is 5.41 Å². The Bertz CT molecular complexity index is 1220. The van der Waals surface area contributed by atoms with E-state index in [-0.39, 0.29) is 5.41 Å². The number of aryl methyl sites for hydroxylation is 1. The van der Waals surface area contributed by atoms with Crippen molar-refractivity contribution in [3.8, 4) is 5.82 Å². The smallest absolute Gasteiger partial charge is 0.354 e. The second-order valence-corrected chi connectivity index (χ2v) is 9.26. The normalized spacial score (nSPS) is 18.8. The summed E-state index contributed by atoms with van der Waals surface area (Å²) in [6.45, 7) is 4.32. The van der Waals surface area contributed by atoms with Crippen molar-refractivity contribution in [3.63, 3.8) is 0 Å². The Labute approximate surface area is 195 Å². The third-order valence-electron chi connectivity index (χ3n) is 6.99. The molecule has 8 nitrogen and oxygen atoms in total. The van der Waals surface area contributed by atoms with Gasteiger partial charge in [0.1, 0.15) is 11.6 Å². The van der Waals surface area contributed by atoms with Crippen molar-refractivity contribution in [1.82, 2.24) is 29.6 Å². The number of alkyl halides is 3. The van der Waals surface area contributed by atoms with Crippen LogP contribution in [0.25, 0.3) is 16.7 Å². The Morgan fingerprint density at radius 2 is 1.76 bits per heavy atom. The summed E-state index contributed by atoms with van der Waals surface area (Å²) in [4.78, 5) is 17.2. The van der Waals surface area contributed by atoms with E-state index in [4.69, 9.17) is 5.41 Å². The van der Waals surface area contributed by atoms with Crippen LogP contribution in [0, 0.1) is 12.3 Å². The maximum atomic E-state index is 12.7. The van der Waals surface area contributed by atoms with Gasteiger partial charge in [-0.3, -0.25) is 9.88 Å². The fourth-order valence-corrected chi connectivity index (χ4v) is 4.91. The molecule has 0 unspecified atom stereocenters. The molecule has 0 radical (unpaired) electrons. The van der Waals surface area contributed by atoms with Crippen molar-refractivity contribution in [1.29, 1.82) is 5.41 Å². The van der Waals surface area contributed by atoms with Crippen molar-refractivity contribution in [3.05, 3.63) is 36.0 Å². The summed E-state index contributed by atoms with van der Waals surface area (Å²) in [6.07, 6.45) is 2.28. The van der Waals surface area contributed by atoms with Crippen molar-refractivity contribution >= 4 is 22.4 Å². The molecule has 2 fully saturated rings. The second kappa shape index (κ2) is 8.30. The minimum Gasteiger partial charge on any atom is -0.354 e. The zero-order chi connectivity index (χ0) is 24.1. The van der Waals surface area contributed by atoms with Gasteiger partial charge in [-0.2, -0.15) is 18.3 Å². The number of nitrogens with one attached hydrogen (secondary N) is 1. The molecule has 0 atom stereocenters. The van der Waals surface area contributed by atoms with Crippen LogP contribution in [0.15, 0.2) is 24.5 Å². The predicted molar refractivity (Wildman–Crippen MR) is 123 cm³/mol. The number of rotatable bonds is 5. The van der Waals surface area contributed by atoms with Crippen molar-refractivity contribution < 1.29 is 13.2 Å². The van der Waals surface area contributed by atoms with Crippen LogP contribution in [0.4, 0.5) is 19.0 Å². The molecule has 3 aromatic heterocycles. The number of hydrogen-bond donors (Lipinski definition) is 1. The van der Waals surface area contributed by atoms with Gasteiger partial charge in [0.25, 0.3) is 0 Å². The van der Waals surface area contributed by atoms with Crippen LogP contribution in [0.3, 0.4) is 0 Å². The quantitative estimate of drug-likeness (QED) is 0.571. The monoisotopic (exact) mass is 472 g/mol. The molecule has 11 heteroatoms. The van der Waals surface area contributed by atoms with Gasteiger partial charge in [-0.15, -0.1) is 0 Å². The van der Waals surface area contributed by atoms with Crippen molar-refractivity contribution in [2.45, 2.75) is 44.7 Å². The molecule has 1 N–H and O–H groups in total. The average molecular weight is 473 g/mol. The Hall–Kier alpha value is -3.08. The van der Waals surface area contributed by atoms with E-state index in [1.54, 1.807) is 24.0 Å². The van der Waals surface area contributed by atoms with E-state index in [0.717, 1.165) is 35.9 Å². The third-order valence-corrected chi connectivity index (χ3v) is 6.99. The molecule has 180 valence electrons. The summed E-state index contributed by atoms with van der Waals surface area (Å²) in [5.41, 5.74) is 2.07. The summed E-state index contributed by atoms with van der Waals surface area (Å²) < 4.78 is 39.9. The predicted octanol–water partition coefficient (Wildman–Crippen LogP) is 3.66. The molecule has 5 rings (SSSR count). The second-order valence-electron chi connectivity index (χ2n) is 9.26. The zero-order valence-corrected chi connectivity index (χ0v) is 19.2. The summed E-state index contributed by atoms with van der Waals surface area (Å²) in [6, 6.07) is 3.84. The highest BCUT2D eigenvalue weighted by Gasteiger charge is 2.42. The molecule has 4 heterocycles. The van der Waals surface area contributed by atoms with Gasteiger partial charge in [0.05, 0.1) is 24.0 Å². The highest BCUT2D eigenvalue weighted by molar-refractivity contribution is 5.92. The maximum absolute atomic E-state index is 12.7. The molecule has 0 aromatic carbocycles. The Morgan fingerprint density at radius 3 is 2.38 bits per heavy atom. The van der Waals surface area contributed by atoms with E-state index in [1.807, 2.05) is 24.0 Å². The van der Waals surface area contributed by atoms with Gasteiger partial charge in [0.2, 0.25) is 0 Å².